The lowest BCUT2D eigenvalue weighted by Crippen LogP contribution is -2.61. The molecule has 6 aromatic rings. The number of ether oxygens (including phenoxy) is 13. The first-order valence-corrected chi connectivity index (χ1v) is 36.9. The molecule has 6 aliphatic rings. The molecule has 6 aromatic heterocycles. The van der Waals surface area contributed by atoms with Gasteiger partial charge >= 0.3 is 0 Å². The molecule has 16 N–H and O–H groups in total. The maximum atomic E-state index is 10.9. The smallest absolute Gasteiger partial charge is 0.214 e. The number of aliphatic hydroxyl groups excluding tert-OH is 16. The van der Waals surface area contributed by atoms with Gasteiger partial charge in [0.15, 0.2) is 25.2 Å². The van der Waals surface area contributed by atoms with Crippen LogP contribution in [0.15, 0.2) is 37.2 Å². The Kier molecular flexibility index (Phi) is 30.6. The van der Waals surface area contributed by atoms with E-state index >= 15 is 0 Å². The summed E-state index contributed by atoms with van der Waals surface area (Å²) in [7, 11) is 1.57. The summed E-state index contributed by atoms with van der Waals surface area (Å²) in [5.41, 5.74) is 2.57. The van der Waals surface area contributed by atoms with E-state index in [2.05, 4.69) is 61.9 Å². The highest BCUT2D eigenvalue weighted by atomic mass is 35.5. The molecule has 6 aliphatic heterocycles. The van der Waals surface area contributed by atoms with E-state index in [1.54, 1.807) is 41.3 Å². The molecule has 12 heterocycles. The standard InChI is InChI=1S/C30H45Cl2N9O15.C30H45Cl2N9O14/c1-50-3-2-39-4-16(35-36-39)12-52-28-26(48)24(46)21(43)17(53-28)7-40-5-14(33-37-40)10-51-11-15-6-41(38-34-15)8-18-22(44)27(49)30(13-31,55-18)56-29-25(47)23(45)20(32)19(9-42)54-29;1-2-3-39-4-16(35-36-39)12-51-28-26(48)24(46)21(43)17(52-28)7-40-5-14(33-37-40)10-50-11-15-6-41(38-34-15)8-18-22(44)27(49)30(13-31,54-18)55-29-25(47)23(45)20(32)19(9-42)53-29/h4-6,17-29,42-49H,2-3,7-13H2,1H3;4-6,17-29,42-49H,2-3,7-13H2,1H3/t17-,18-,19-,20+,21+,22-,23+,24+,25+,26+,27+,28-,29+,30+;17-,18-,19-,20+,21+,22+,23+,24+,25-,26+,27+,28-,29-,30+/m11/s1. The number of aliphatic hydroxyl groups is 16. The van der Waals surface area contributed by atoms with Crippen molar-refractivity contribution in [1.29, 1.82) is 0 Å². The van der Waals surface area contributed by atoms with Gasteiger partial charge in [-0.25, -0.2) is 23.4 Å². The number of hydrogen-bond acceptors (Lipinski definition) is 41. The molecule has 0 amide bonds. The summed E-state index contributed by atoms with van der Waals surface area (Å²) in [5.74, 6) is -5.19. The van der Waals surface area contributed by atoms with Gasteiger partial charge in [-0.1, -0.05) is 38.2 Å². The molecular weight excluding hydrogens is 1580 g/mol. The molecule has 28 atom stereocenters. The molecule has 0 radical (unpaired) electrons. The highest BCUT2D eigenvalue weighted by Crippen LogP contribution is 2.41. The molecule has 0 aromatic carbocycles. The first-order valence-electron chi connectivity index (χ1n) is 34.9. The van der Waals surface area contributed by atoms with E-state index in [0.717, 1.165) is 6.42 Å². The van der Waals surface area contributed by atoms with Crippen molar-refractivity contribution in [3.63, 3.8) is 0 Å². The number of nitrogens with zero attached hydrogens (tertiary/aromatic N) is 18. The Morgan fingerprint density at radius 1 is 0.378 bits per heavy atom. The molecular formula is C60H90Cl4N18O29. The Morgan fingerprint density at radius 2 is 0.685 bits per heavy atom. The second-order valence-electron chi connectivity index (χ2n) is 26.9. The topological polar surface area (TPSA) is 628 Å². The van der Waals surface area contributed by atoms with E-state index in [4.69, 9.17) is 108 Å². The van der Waals surface area contributed by atoms with Gasteiger partial charge in [0.1, 0.15) is 156 Å². The van der Waals surface area contributed by atoms with Gasteiger partial charge in [-0.2, -0.15) is 0 Å². The molecule has 0 unspecified atom stereocenters. The first kappa shape index (κ1) is 86.7. The van der Waals surface area contributed by atoms with Crippen LogP contribution in [0.2, 0.25) is 0 Å². The van der Waals surface area contributed by atoms with Crippen molar-refractivity contribution >= 4 is 46.4 Å². The van der Waals surface area contributed by atoms with E-state index in [9.17, 15) is 81.7 Å². The monoisotopic (exact) mass is 1670 g/mol. The Hall–Kier alpha value is -5.16. The Labute approximate surface area is 648 Å². The van der Waals surface area contributed by atoms with Crippen LogP contribution in [0.5, 0.6) is 0 Å². The highest BCUT2D eigenvalue weighted by molar-refractivity contribution is 6.22. The van der Waals surface area contributed by atoms with Gasteiger partial charge in [-0.15, -0.1) is 77.0 Å². The van der Waals surface area contributed by atoms with Crippen LogP contribution in [-0.4, -0.2) is 380 Å². The fourth-order valence-corrected chi connectivity index (χ4v) is 13.7. The zero-order valence-electron chi connectivity index (χ0n) is 59.2. The molecule has 622 valence electrons. The van der Waals surface area contributed by atoms with Crippen molar-refractivity contribution < 1.29 is 143 Å². The predicted octanol–water partition coefficient (Wildman–Crippen LogP) is -9.30. The largest absolute Gasteiger partial charge is 0.394 e. The van der Waals surface area contributed by atoms with Gasteiger partial charge in [0.05, 0.1) is 152 Å². The Morgan fingerprint density at radius 3 is 1.02 bits per heavy atom. The van der Waals surface area contributed by atoms with Gasteiger partial charge < -0.3 is 143 Å². The van der Waals surface area contributed by atoms with Gasteiger partial charge in [0.2, 0.25) is 11.6 Å². The molecule has 0 bridgehead atoms. The molecule has 6 saturated heterocycles. The molecule has 0 aliphatic carbocycles. The maximum Gasteiger partial charge on any atom is 0.214 e. The number of hydrogen-bond donors (Lipinski definition) is 16. The number of rotatable bonds is 35. The van der Waals surface area contributed by atoms with Crippen LogP contribution in [-0.2, 0) is 140 Å². The van der Waals surface area contributed by atoms with Crippen LogP contribution < -0.4 is 0 Å². The summed E-state index contributed by atoms with van der Waals surface area (Å²) < 4.78 is 82.0. The minimum Gasteiger partial charge on any atom is -0.394 e. The lowest BCUT2D eigenvalue weighted by molar-refractivity contribution is -0.359. The van der Waals surface area contributed by atoms with Crippen LogP contribution in [0, 0.1) is 0 Å². The van der Waals surface area contributed by atoms with Crippen molar-refractivity contribution in [3.05, 3.63) is 71.3 Å². The average Bonchev–Trinajstić information content (AvgIpc) is 1.65. The molecule has 0 spiro atoms. The Bertz CT molecular complexity index is 3800. The number of methoxy groups -OCH3 is 1. The maximum absolute atomic E-state index is 10.9. The summed E-state index contributed by atoms with van der Waals surface area (Å²) in [4.78, 5) is 0. The SMILES string of the molecule is CCCn1cc(CO[C@@H]2O[C@H](Cn3cc(COCc4cn(C[C@H]5O[C@@](CCl)(O[C@H]6O[C@H](CO)[C@H](Cl)[C@H](O)[C@H]6O)[C@@H](O)[C@H]5O)nn4)nn3)[C@H](O)[C@H](O)[C@@H]2O)nn1.COCCn1cc(CO[C@@H]2O[C@H](Cn3cc(COCc4cn(C[C@H]5O[C@@](CCl)(O[C@@H]6O[C@H](CO)[C@H](Cl)[C@H](O)[C@@H]6O)[C@@H](O)[C@@H]5O)nn4)nn3)[C@H](O)[C@H](O)[C@@H]2O)nn1. The van der Waals surface area contributed by atoms with Crippen LogP contribution in [0.4, 0.5) is 0 Å². The second-order valence-corrected chi connectivity index (χ2v) is 28.5. The molecule has 12 rings (SSSR count). The zero-order valence-corrected chi connectivity index (χ0v) is 62.3. The Balaban J connectivity index is 0.000000220. The van der Waals surface area contributed by atoms with E-state index in [1.165, 1.54) is 31.1 Å². The lowest BCUT2D eigenvalue weighted by atomic mass is 9.99. The minimum atomic E-state index is -2.08. The van der Waals surface area contributed by atoms with Crippen molar-refractivity contribution in [2.24, 2.45) is 0 Å². The predicted molar refractivity (Wildman–Crippen MR) is 360 cm³/mol. The van der Waals surface area contributed by atoms with Gasteiger partial charge in [-0.05, 0) is 6.42 Å². The first-order chi connectivity index (χ1) is 53.2. The van der Waals surface area contributed by atoms with Crippen molar-refractivity contribution in [1.82, 2.24) is 90.0 Å². The van der Waals surface area contributed by atoms with E-state index < -0.39 is 195 Å². The average molecular weight is 1670 g/mol. The summed E-state index contributed by atoms with van der Waals surface area (Å²) in [5, 5.41) is 213. The highest BCUT2D eigenvalue weighted by Gasteiger charge is 2.60. The third-order valence-electron chi connectivity index (χ3n) is 18.7. The number of aryl methyl sites for hydroxylation is 1. The third-order valence-corrected chi connectivity index (χ3v) is 20.5. The second kappa shape index (κ2) is 39.2. The van der Waals surface area contributed by atoms with Crippen LogP contribution in [0.1, 0.15) is 47.5 Å². The zero-order chi connectivity index (χ0) is 79.6. The number of alkyl halides is 4. The molecule has 111 heavy (non-hydrogen) atoms. The summed E-state index contributed by atoms with van der Waals surface area (Å²) in [6.45, 7) is 1.95. The molecule has 47 nitrogen and oxygen atoms in total. The molecule has 51 heteroatoms. The number of halogens is 4. The van der Waals surface area contributed by atoms with Crippen molar-refractivity contribution in [3.8, 4) is 0 Å². The van der Waals surface area contributed by atoms with Crippen molar-refractivity contribution in [2.75, 3.05) is 38.7 Å². The molecule has 0 saturated carbocycles. The van der Waals surface area contributed by atoms with E-state index in [1.807, 2.05) is 6.92 Å². The number of aromatic nitrogens is 18. The van der Waals surface area contributed by atoms with Crippen LogP contribution in [0.25, 0.3) is 0 Å². The normalized spacial score (nSPS) is 36.6. The molecule has 6 fully saturated rings. The van der Waals surface area contributed by atoms with Crippen LogP contribution in [0.3, 0.4) is 0 Å². The fraction of sp³-hybridized carbons (Fsp3) is 0.800. The van der Waals surface area contributed by atoms with Gasteiger partial charge in [0.25, 0.3) is 0 Å². The summed E-state index contributed by atoms with van der Waals surface area (Å²) in [6.07, 6.45) is -24.0. The van der Waals surface area contributed by atoms with Crippen molar-refractivity contribution in [2.45, 2.75) is 262 Å². The minimum absolute atomic E-state index is 0.00328. The van der Waals surface area contributed by atoms with E-state index in [0.29, 0.717) is 53.9 Å². The van der Waals surface area contributed by atoms with Crippen LogP contribution >= 0.6 is 46.4 Å². The quantitative estimate of drug-likeness (QED) is 0.0164. The van der Waals surface area contributed by atoms with Gasteiger partial charge in [0, 0.05) is 13.7 Å². The lowest BCUT2D eigenvalue weighted by Gasteiger charge is -2.43. The fourth-order valence-electron chi connectivity index (χ4n) is 12.6. The summed E-state index contributed by atoms with van der Waals surface area (Å²) >= 11 is 24.3. The van der Waals surface area contributed by atoms with Gasteiger partial charge in [-0.3, -0.25) is 4.68 Å². The summed E-state index contributed by atoms with van der Waals surface area (Å²) in [6, 6.07) is 0. The third kappa shape index (κ3) is 20.6. The van der Waals surface area contributed by atoms with E-state index in [-0.39, 0.29) is 65.8 Å².